The van der Waals surface area contributed by atoms with Crippen molar-refractivity contribution in [3.05, 3.63) is 71.8 Å². The topological polar surface area (TPSA) is 29.5 Å². The van der Waals surface area contributed by atoms with E-state index in [-0.39, 0.29) is 5.91 Å². The number of ether oxygens (including phenoxy) is 1. The van der Waals surface area contributed by atoms with Crippen LogP contribution in [0.25, 0.3) is 0 Å². The van der Waals surface area contributed by atoms with E-state index in [0.29, 0.717) is 18.3 Å². The lowest BCUT2D eigenvalue weighted by atomic mass is 9.99. The Balaban J connectivity index is 1.36. The molecule has 1 amide bonds. The number of likely N-dealkylation sites (tertiary alicyclic amines) is 1. The minimum absolute atomic E-state index is 0.263. The highest BCUT2D eigenvalue weighted by molar-refractivity contribution is 7.99. The van der Waals surface area contributed by atoms with Crippen LogP contribution < -0.4 is 0 Å². The van der Waals surface area contributed by atoms with E-state index >= 15 is 0 Å². The molecule has 0 spiro atoms. The van der Waals surface area contributed by atoms with Gasteiger partial charge in [0, 0.05) is 18.8 Å². The third-order valence-electron chi connectivity index (χ3n) is 4.67. The number of piperidine rings is 1. The number of benzene rings is 2. The molecule has 2 aromatic carbocycles. The van der Waals surface area contributed by atoms with Gasteiger partial charge in [-0.2, -0.15) is 0 Å². The number of thioether (sulfide) groups is 1. The molecule has 0 N–H and O–H groups in total. The summed E-state index contributed by atoms with van der Waals surface area (Å²) in [4.78, 5) is 14.5. The van der Waals surface area contributed by atoms with Crippen molar-refractivity contribution >= 4 is 17.7 Å². The molecule has 0 bridgehead atoms. The van der Waals surface area contributed by atoms with E-state index in [1.807, 2.05) is 41.3 Å². The number of nitrogens with zero attached hydrogens (tertiary/aromatic N) is 1. The standard InChI is InChI=1S/C22H27NO2S/c24-22(18-26-17-20-10-5-2-6-11-20)23-13-7-12-21(14-23)16-25-15-19-8-3-1-4-9-19/h1-6,8-11,21H,7,12-18H2/t21-/m1/s1. The Hall–Kier alpha value is -1.78. The first-order valence-corrected chi connectivity index (χ1v) is 10.5. The van der Waals surface area contributed by atoms with Gasteiger partial charge in [-0.1, -0.05) is 60.7 Å². The molecular formula is C22H27NO2S. The summed E-state index contributed by atoms with van der Waals surface area (Å²) in [5.41, 5.74) is 2.48. The summed E-state index contributed by atoms with van der Waals surface area (Å²) in [6.45, 7) is 3.10. The van der Waals surface area contributed by atoms with E-state index < -0.39 is 0 Å². The summed E-state index contributed by atoms with van der Waals surface area (Å²) in [5.74, 6) is 2.17. The fraction of sp³-hybridized carbons (Fsp3) is 0.409. The van der Waals surface area contributed by atoms with Crippen LogP contribution in [0, 0.1) is 5.92 Å². The number of hydrogen-bond donors (Lipinski definition) is 0. The molecule has 0 aliphatic carbocycles. The molecule has 3 nitrogen and oxygen atoms in total. The first-order chi connectivity index (χ1) is 12.8. The second kappa shape index (κ2) is 10.4. The average Bonchev–Trinajstić information content (AvgIpc) is 2.70. The van der Waals surface area contributed by atoms with Gasteiger partial charge in [0.25, 0.3) is 0 Å². The van der Waals surface area contributed by atoms with Crippen molar-refractivity contribution in [2.24, 2.45) is 5.92 Å². The van der Waals surface area contributed by atoms with Crippen LogP contribution in [0.1, 0.15) is 24.0 Å². The van der Waals surface area contributed by atoms with Crippen LogP contribution in [0.2, 0.25) is 0 Å². The molecule has 0 radical (unpaired) electrons. The maximum Gasteiger partial charge on any atom is 0.232 e. The van der Waals surface area contributed by atoms with Crippen LogP contribution >= 0.6 is 11.8 Å². The Labute approximate surface area is 160 Å². The Kier molecular flexibility index (Phi) is 7.59. The Bertz CT molecular complexity index is 662. The van der Waals surface area contributed by atoms with Crippen molar-refractivity contribution in [2.75, 3.05) is 25.4 Å². The largest absolute Gasteiger partial charge is 0.376 e. The summed E-state index contributed by atoms with van der Waals surface area (Å²) in [6.07, 6.45) is 2.23. The third kappa shape index (κ3) is 6.19. The fourth-order valence-corrected chi connectivity index (χ4v) is 4.15. The molecule has 0 unspecified atom stereocenters. The van der Waals surface area contributed by atoms with Crippen LogP contribution in [-0.4, -0.2) is 36.3 Å². The first kappa shape index (κ1) is 19.0. The van der Waals surface area contributed by atoms with Gasteiger partial charge in [0.2, 0.25) is 5.91 Å². The van der Waals surface area contributed by atoms with E-state index in [9.17, 15) is 4.79 Å². The SMILES string of the molecule is O=C(CSCc1ccccc1)N1CCC[C@@H](COCc2ccccc2)C1. The van der Waals surface area contributed by atoms with Gasteiger partial charge in [0.1, 0.15) is 0 Å². The minimum Gasteiger partial charge on any atom is -0.376 e. The first-order valence-electron chi connectivity index (χ1n) is 9.32. The average molecular weight is 370 g/mol. The molecule has 1 atom stereocenters. The van der Waals surface area contributed by atoms with E-state index in [1.165, 1.54) is 11.1 Å². The highest BCUT2D eigenvalue weighted by Crippen LogP contribution is 2.19. The van der Waals surface area contributed by atoms with Crippen molar-refractivity contribution in [3.63, 3.8) is 0 Å². The van der Waals surface area contributed by atoms with Gasteiger partial charge in [-0.25, -0.2) is 0 Å². The highest BCUT2D eigenvalue weighted by atomic mass is 32.2. The summed E-state index contributed by atoms with van der Waals surface area (Å²) < 4.78 is 5.88. The lowest BCUT2D eigenvalue weighted by molar-refractivity contribution is -0.130. The van der Waals surface area contributed by atoms with Gasteiger partial charge in [-0.15, -0.1) is 11.8 Å². The second-order valence-electron chi connectivity index (χ2n) is 6.83. The maximum atomic E-state index is 12.5. The van der Waals surface area contributed by atoms with Crippen molar-refractivity contribution in [2.45, 2.75) is 25.2 Å². The predicted octanol–water partition coefficient (Wildman–Crippen LogP) is 4.38. The molecule has 0 saturated carbocycles. The molecular weight excluding hydrogens is 342 g/mol. The fourth-order valence-electron chi connectivity index (χ4n) is 3.27. The van der Waals surface area contributed by atoms with E-state index in [0.717, 1.165) is 38.3 Å². The van der Waals surface area contributed by atoms with Gasteiger partial charge in [-0.3, -0.25) is 4.79 Å². The summed E-state index contributed by atoms with van der Waals surface area (Å²) in [6, 6.07) is 20.6. The molecule has 4 heteroatoms. The van der Waals surface area contributed by atoms with Crippen LogP contribution in [0.5, 0.6) is 0 Å². The lowest BCUT2D eigenvalue weighted by Gasteiger charge is -2.32. The Morgan fingerprint density at radius 2 is 1.73 bits per heavy atom. The molecule has 1 fully saturated rings. The van der Waals surface area contributed by atoms with Gasteiger partial charge >= 0.3 is 0 Å². The number of rotatable bonds is 8. The molecule has 1 saturated heterocycles. The van der Waals surface area contributed by atoms with Crippen molar-refractivity contribution in [1.82, 2.24) is 4.90 Å². The zero-order valence-corrected chi connectivity index (χ0v) is 16.0. The zero-order valence-electron chi connectivity index (χ0n) is 15.2. The van der Waals surface area contributed by atoms with Crippen molar-refractivity contribution < 1.29 is 9.53 Å². The Morgan fingerprint density at radius 3 is 2.46 bits per heavy atom. The number of amides is 1. The normalized spacial score (nSPS) is 17.2. The number of carbonyl (C=O) groups is 1. The maximum absolute atomic E-state index is 12.5. The summed E-state index contributed by atoms with van der Waals surface area (Å²) >= 11 is 1.70. The number of hydrogen-bond acceptors (Lipinski definition) is 3. The Morgan fingerprint density at radius 1 is 1.04 bits per heavy atom. The van der Waals surface area contributed by atoms with E-state index in [4.69, 9.17) is 4.74 Å². The molecule has 138 valence electrons. The van der Waals surface area contributed by atoms with Gasteiger partial charge in [-0.05, 0) is 29.9 Å². The van der Waals surface area contributed by atoms with Crippen LogP contribution in [0.3, 0.4) is 0 Å². The lowest BCUT2D eigenvalue weighted by Crippen LogP contribution is -2.42. The third-order valence-corrected chi connectivity index (χ3v) is 5.66. The molecule has 1 aliphatic heterocycles. The van der Waals surface area contributed by atoms with Gasteiger partial charge in [0.15, 0.2) is 0 Å². The molecule has 26 heavy (non-hydrogen) atoms. The van der Waals surface area contributed by atoms with Crippen molar-refractivity contribution in [1.29, 1.82) is 0 Å². The number of carbonyl (C=O) groups excluding carboxylic acids is 1. The molecule has 1 heterocycles. The van der Waals surface area contributed by atoms with Gasteiger partial charge < -0.3 is 9.64 Å². The zero-order chi connectivity index (χ0) is 18.0. The van der Waals surface area contributed by atoms with E-state index in [2.05, 4.69) is 24.3 Å². The smallest absolute Gasteiger partial charge is 0.232 e. The van der Waals surface area contributed by atoms with E-state index in [1.54, 1.807) is 11.8 Å². The highest BCUT2D eigenvalue weighted by Gasteiger charge is 2.23. The summed E-state index contributed by atoms with van der Waals surface area (Å²) in [5, 5.41) is 0. The monoisotopic (exact) mass is 369 g/mol. The van der Waals surface area contributed by atoms with Crippen LogP contribution in [0.4, 0.5) is 0 Å². The predicted molar refractivity (Wildman–Crippen MR) is 108 cm³/mol. The summed E-state index contributed by atoms with van der Waals surface area (Å²) in [7, 11) is 0. The van der Waals surface area contributed by atoms with Crippen molar-refractivity contribution in [3.8, 4) is 0 Å². The van der Waals surface area contributed by atoms with Gasteiger partial charge in [0.05, 0.1) is 19.0 Å². The molecule has 0 aromatic heterocycles. The molecule has 2 aromatic rings. The molecule has 3 rings (SSSR count). The molecule has 1 aliphatic rings. The quantitative estimate of drug-likeness (QED) is 0.692. The van der Waals surface area contributed by atoms with Crippen LogP contribution in [-0.2, 0) is 21.9 Å². The minimum atomic E-state index is 0.263. The van der Waals surface area contributed by atoms with Crippen LogP contribution in [0.15, 0.2) is 60.7 Å². The second-order valence-corrected chi connectivity index (χ2v) is 7.81.